The number of carboxylic acid groups (broad SMARTS) is 1. The fourth-order valence-corrected chi connectivity index (χ4v) is 4.93. The summed E-state index contributed by atoms with van der Waals surface area (Å²) in [4.78, 5) is 36.5. The van der Waals surface area contributed by atoms with Crippen LogP contribution in [0.4, 0.5) is 10.5 Å². The Bertz CT molecular complexity index is 1010. The van der Waals surface area contributed by atoms with Gasteiger partial charge in [0, 0.05) is 24.2 Å². The highest BCUT2D eigenvalue weighted by Crippen LogP contribution is 2.50. The second-order valence-electron chi connectivity index (χ2n) is 9.12. The molecule has 2 atom stereocenters. The first kappa shape index (κ1) is 24.6. The monoisotopic (exact) mass is 456 g/mol. The number of sulfone groups is 1. The summed E-state index contributed by atoms with van der Waals surface area (Å²) in [6.45, 7) is 9.34. The Morgan fingerprint density at radius 2 is 1.90 bits per heavy atom. The maximum absolute atomic E-state index is 13.1. The molecule has 1 heterocycles. The molecular formula is C20H28N2O8S. The van der Waals surface area contributed by atoms with Gasteiger partial charge in [0.15, 0.2) is 9.84 Å². The number of hydrogen-bond donors (Lipinski definition) is 1. The molecule has 1 N–H and O–H groups in total. The van der Waals surface area contributed by atoms with E-state index in [1.807, 2.05) is 0 Å². The molecule has 2 unspecified atom stereocenters. The summed E-state index contributed by atoms with van der Waals surface area (Å²) in [6, 6.07) is 1.94. The van der Waals surface area contributed by atoms with Crippen molar-refractivity contribution in [3.8, 4) is 0 Å². The quantitative estimate of drug-likeness (QED) is 0.402. The number of ether oxygens (including phenoxy) is 1. The van der Waals surface area contributed by atoms with Gasteiger partial charge in [0.1, 0.15) is 5.60 Å². The number of nitrogens with zero attached hydrogens (tertiary/aromatic N) is 2. The first-order valence-electron chi connectivity index (χ1n) is 9.77. The maximum Gasteiger partial charge on any atom is 0.407 e. The molecular weight excluding hydrogens is 428 g/mol. The summed E-state index contributed by atoms with van der Waals surface area (Å²) in [6.07, 6.45) is -1.29. The van der Waals surface area contributed by atoms with Crippen LogP contribution >= 0.6 is 0 Å². The minimum absolute atomic E-state index is 0.0560. The van der Waals surface area contributed by atoms with Gasteiger partial charge in [-0.3, -0.25) is 14.9 Å². The van der Waals surface area contributed by atoms with E-state index in [4.69, 9.17) is 4.74 Å². The smallest absolute Gasteiger partial charge is 0.407 e. The Morgan fingerprint density at radius 3 is 2.35 bits per heavy atom. The number of rotatable bonds is 5. The van der Waals surface area contributed by atoms with E-state index in [0.717, 1.165) is 23.1 Å². The molecule has 0 bridgehead atoms. The number of amides is 1. The van der Waals surface area contributed by atoms with Gasteiger partial charge in [0.25, 0.3) is 5.69 Å². The number of nitro groups is 1. The van der Waals surface area contributed by atoms with E-state index in [1.165, 1.54) is 20.8 Å². The lowest BCUT2D eigenvalue weighted by atomic mass is 9.78. The summed E-state index contributed by atoms with van der Waals surface area (Å²) in [7, 11) is -3.94. The van der Waals surface area contributed by atoms with E-state index >= 15 is 0 Å². The highest BCUT2D eigenvalue weighted by atomic mass is 32.2. The van der Waals surface area contributed by atoms with Crippen molar-refractivity contribution in [3.05, 3.63) is 33.9 Å². The van der Waals surface area contributed by atoms with Gasteiger partial charge in [-0.15, -0.1) is 0 Å². The fraction of sp³-hybridized carbons (Fsp3) is 0.600. The molecule has 0 radical (unpaired) electrons. The second-order valence-corrected chi connectivity index (χ2v) is 11.6. The maximum atomic E-state index is 13.1. The Hall–Kier alpha value is -2.69. The molecule has 0 saturated carbocycles. The van der Waals surface area contributed by atoms with Gasteiger partial charge in [-0.25, -0.2) is 13.2 Å². The van der Waals surface area contributed by atoms with Crippen molar-refractivity contribution in [3.63, 3.8) is 0 Å². The van der Waals surface area contributed by atoms with Crippen molar-refractivity contribution in [2.75, 3.05) is 6.54 Å². The van der Waals surface area contributed by atoms with Crippen molar-refractivity contribution in [1.82, 2.24) is 4.90 Å². The van der Waals surface area contributed by atoms with Crippen LogP contribution < -0.4 is 0 Å². The van der Waals surface area contributed by atoms with Crippen LogP contribution in [0.5, 0.6) is 0 Å². The molecule has 0 aromatic heterocycles. The lowest BCUT2D eigenvalue weighted by Crippen LogP contribution is -2.42. The summed E-state index contributed by atoms with van der Waals surface area (Å²) in [5, 5.41) is 20.3. The molecule has 1 aromatic rings. The number of non-ortho nitro benzene ring substituents is 1. The van der Waals surface area contributed by atoms with Crippen LogP contribution in [-0.2, 0) is 19.4 Å². The molecule has 0 aliphatic carbocycles. The highest BCUT2D eigenvalue weighted by Gasteiger charge is 2.55. The standard InChI is InChI=1S/C20H28N2O8S/c1-12(2)31(28,29)15-8-7-13(22(26)27)11-14(15)16-20(6,9-10-21(16)18(24)25)17(23)30-19(3,4)5/h7-8,11-12,16H,9-10H2,1-6H3,(H,24,25). The number of hydrogen-bond acceptors (Lipinski definition) is 7. The number of esters is 1. The van der Waals surface area contributed by atoms with Crippen LogP contribution in [0.15, 0.2) is 23.1 Å². The van der Waals surface area contributed by atoms with Crippen molar-refractivity contribution in [2.45, 2.75) is 69.8 Å². The number of carbonyl (C=O) groups excluding carboxylic acids is 1. The predicted octanol–water partition coefficient (Wildman–Crippen LogP) is 3.55. The zero-order valence-electron chi connectivity index (χ0n) is 18.4. The van der Waals surface area contributed by atoms with Crippen molar-refractivity contribution in [2.24, 2.45) is 5.41 Å². The summed E-state index contributed by atoms with van der Waals surface area (Å²) in [5.74, 6) is -0.701. The van der Waals surface area contributed by atoms with E-state index in [0.29, 0.717) is 0 Å². The topological polar surface area (TPSA) is 144 Å². The molecule has 1 fully saturated rings. The average molecular weight is 457 g/mol. The molecule has 1 amide bonds. The Balaban J connectivity index is 2.83. The third-order valence-electron chi connectivity index (χ3n) is 5.32. The van der Waals surface area contributed by atoms with Crippen molar-refractivity contribution < 1.29 is 32.8 Å². The van der Waals surface area contributed by atoms with E-state index in [1.54, 1.807) is 20.8 Å². The van der Waals surface area contributed by atoms with Crippen molar-refractivity contribution in [1.29, 1.82) is 0 Å². The minimum Gasteiger partial charge on any atom is -0.465 e. The lowest BCUT2D eigenvalue weighted by molar-refractivity contribution is -0.385. The number of nitro benzene ring substituents is 1. The Kier molecular flexibility index (Phi) is 6.42. The van der Waals surface area contributed by atoms with E-state index in [2.05, 4.69) is 0 Å². The van der Waals surface area contributed by atoms with E-state index in [9.17, 15) is 33.2 Å². The molecule has 172 valence electrons. The zero-order valence-corrected chi connectivity index (χ0v) is 19.2. The third-order valence-corrected chi connectivity index (χ3v) is 7.55. The first-order valence-corrected chi connectivity index (χ1v) is 11.3. The summed E-state index contributed by atoms with van der Waals surface area (Å²) < 4.78 is 31.6. The Morgan fingerprint density at radius 1 is 1.32 bits per heavy atom. The Labute approximate surface area is 181 Å². The largest absolute Gasteiger partial charge is 0.465 e. The third kappa shape index (κ3) is 4.65. The van der Waals surface area contributed by atoms with Crippen LogP contribution in [0, 0.1) is 15.5 Å². The van der Waals surface area contributed by atoms with Gasteiger partial charge in [-0.05, 0) is 54.0 Å². The van der Waals surface area contributed by atoms with Gasteiger partial charge in [-0.2, -0.15) is 0 Å². The van der Waals surface area contributed by atoms with Crippen LogP contribution in [0.2, 0.25) is 0 Å². The summed E-state index contributed by atoms with van der Waals surface area (Å²) in [5.41, 5.74) is -2.81. The molecule has 1 aliphatic heterocycles. The second kappa shape index (κ2) is 8.10. The van der Waals surface area contributed by atoms with Crippen LogP contribution in [0.25, 0.3) is 0 Å². The van der Waals surface area contributed by atoms with Gasteiger partial charge in [-0.1, -0.05) is 0 Å². The van der Waals surface area contributed by atoms with Gasteiger partial charge in [0.2, 0.25) is 0 Å². The van der Waals surface area contributed by atoms with Crippen molar-refractivity contribution >= 4 is 27.6 Å². The van der Waals surface area contributed by atoms with Gasteiger partial charge in [0.05, 0.1) is 26.5 Å². The van der Waals surface area contributed by atoms with E-state index in [-0.39, 0.29) is 23.4 Å². The molecule has 10 nitrogen and oxygen atoms in total. The lowest BCUT2D eigenvalue weighted by Gasteiger charge is -2.35. The fourth-order valence-electron chi connectivity index (χ4n) is 3.66. The van der Waals surface area contributed by atoms with Crippen LogP contribution in [0.1, 0.15) is 59.6 Å². The molecule has 1 aromatic carbocycles. The molecule has 0 spiro atoms. The molecule has 1 saturated heterocycles. The van der Waals surface area contributed by atoms with Crippen LogP contribution in [-0.4, -0.2) is 52.8 Å². The molecule has 11 heteroatoms. The number of benzene rings is 1. The normalized spacial score (nSPS) is 21.9. The minimum atomic E-state index is -3.94. The number of carbonyl (C=O) groups is 2. The highest BCUT2D eigenvalue weighted by molar-refractivity contribution is 7.92. The molecule has 31 heavy (non-hydrogen) atoms. The first-order chi connectivity index (χ1) is 14.0. The zero-order chi connectivity index (χ0) is 23.9. The predicted molar refractivity (Wildman–Crippen MR) is 111 cm³/mol. The van der Waals surface area contributed by atoms with Crippen LogP contribution in [0.3, 0.4) is 0 Å². The molecule has 1 aliphatic rings. The number of likely N-dealkylation sites (tertiary alicyclic amines) is 1. The average Bonchev–Trinajstić information content (AvgIpc) is 2.98. The van der Waals surface area contributed by atoms with E-state index < -0.39 is 54.8 Å². The SMILES string of the molecule is CC(C)S(=O)(=O)c1ccc([N+](=O)[O-])cc1C1N(C(=O)O)CCC1(C)C(=O)OC(C)(C)C. The van der Waals surface area contributed by atoms with Gasteiger partial charge >= 0.3 is 12.1 Å². The van der Waals surface area contributed by atoms with Gasteiger partial charge < -0.3 is 14.7 Å². The molecule has 2 rings (SSSR count). The summed E-state index contributed by atoms with van der Waals surface area (Å²) >= 11 is 0.